The number of carbonyl (C=O) groups excluding carboxylic acids is 1. The minimum Gasteiger partial charge on any atom is -0.496 e. The number of nitrogens with one attached hydrogen (secondary N) is 2. The SMILES string of the molecule is COc1ccccc1CNC(=O)CSc1nc(Cc2ccccc2)c(C)[nH]1. The quantitative estimate of drug-likeness (QED) is 0.584. The van der Waals surface area contributed by atoms with E-state index in [1.807, 2.05) is 49.4 Å². The lowest BCUT2D eigenvalue weighted by molar-refractivity contribution is -0.118. The molecule has 0 radical (unpaired) electrons. The number of hydrogen-bond donors (Lipinski definition) is 2. The Bertz CT molecular complexity index is 893. The van der Waals surface area contributed by atoms with E-state index in [2.05, 4.69) is 27.4 Å². The Kier molecular flexibility index (Phi) is 6.54. The van der Waals surface area contributed by atoms with E-state index in [1.54, 1.807) is 7.11 Å². The molecule has 0 saturated carbocycles. The molecule has 0 aliphatic carbocycles. The molecule has 0 spiro atoms. The standard InChI is InChI=1S/C21H23N3O2S/c1-15-18(12-16-8-4-3-5-9-16)24-21(23-15)27-14-20(25)22-13-17-10-6-7-11-19(17)26-2/h3-11H,12-14H2,1-2H3,(H,22,25)(H,23,24). The Morgan fingerprint density at radius 3 is 2.67 bits per heavy atom. The second kappa shape index (κ2) is 9.28. The first-order valence-corrected chi connectivity index (χ1v) is 9.75. The first kappa shape index (κ1) is 19.0. The fourth-order valence-electron chi connectivity index (χ4n) is 2.72. The minimum absolute atomic E-state index is 0.0374. The third-order valence-electron chi connectivity index (χ3n) is 4.19. The first-order valence-electron chi connectivity index (χ1n) is 8.76. The van der Waals surface area contributed by atoms with E-state index < -0.39 is 0 Å². The van der Waals surface area contributed by atoms with Crippen molar-refractivity contribution in [1.29, 1.82) is 0 Å². The predicted molar refractivity (Wildman–Crippen MR) is 108 cm³/mol. The number of aromatic nitrogens is 2. The highest BCUT2D eigenvalue weighted by Gasteiger charge is 2.11. The Balaban J connectivity index is 1.51. The molecular weight excluding hydrogens is 358 g/mol. The summed E-state index contributed by atoms with van der Waals surface area (Å²) >= 11 is 1.41. The van der Waals surface area contributed by atoms with Crippen molar-refractivity contribution in [2.75, 3.05) is 12.9 Å². The maximum Gasteiger partial charge on any atom is 0.230 e. The fourth-order valence-corrected chi connectivity index (χ4v) is 3.49. The van der Waals surface area contributed by atoms with Gasteiger partial charge in [-0.15, -0.1) is 0 Å². The van der Waals surface area contributed by atoms with Gasteiger partial charge in [0.05, 0.1) is 18.6 Å². The summed E-state index contributed by atoms with van der Waals surface area (Å²) in [5.41, 5.74) is 4.23. The van der Waals surface area contributed by atoms with Crippen LogP contribution in [0.25, 0.3) is 0 Å². The van der Waals surface area contributed by atoms with Crippen LogP contribution in [0.4, 0.5) is 0 Å². The highest BCUT2D eigenvalue weighted by Crippen LogP contribution is 2.19. The van der Waals surface area contributed by atoms with E-state index in [4.69, 9.17) is 4.74 Å². The van der Waals surface area contributed by atoms with E-state index in [0.717, 1.165) is 34.3 Å². The number of benzene rings is 2. The smallest absolute Gasteiger partial charge is 0.230 e. The lowest BCUT2D eigenvalue weighted by Crippen LogP contribution is -2.24. The van der Waals surface area contributed by atoms with E-state index in [0.29, 0.717) is 12.3 Å². The summed E-state index contributed by atoms with van der Waals surface area (Å²) in [5, 5.41) is 3.69. The van der Waals surface area contributed by atoms with Gasteiger partial charge in [-0.25, -0.2) is 4.98 Å². The summed E-state index contributed by atoms with van der Waals surface area (Å²) in [6.07, 6.45) is 0.781. The van der Waals surface area contributed by atoms with Crippen LogP contribution in [0.5, 0.6) is 5.75 Å². The average molecular weight is 382 g/mol. The number of rotatable bonds is 8. The molecule has 2 N–H and O–H groups in total. The fraction of sp³-hybridized carbons (Fsp3) is 0.238. The summed E-state index contributed by atoms with van der Waals surface area (Å²) in [5.74, 6) is 1.05. The number of aromatic amines is 1. The molecule has 1 amide bonds. The van der Waals surface area contributed by atoms with Crippen LogP contribution >= 0.6 is 11.8 Å². The molecular formula is C21H23N3O2S. The van der Waals surface area contributed by atoms with E-state index in [-0.39, 0.29) is 5.91 Å². The lowest BCUT2D eigenvalue weighted by atomic mass is 10.1. The van der Waals surface area contributed by atoms with Crippen LogP contribution < -0.4 is 10.1 Å². The van der Waals surface area contributed by atoms with Crippen LogP contribution in [0, 0.1) is 6.92 Å². The Morgan fingerprint density at radius 2 is 1.89 bits per heavy atom. The highest BCUT2D eigenvalue weighted by molar-refractivity contribution is 7.99. The Morgan fingerprint density at radius 1 is 1.15 bits per heavy atom. The maximum absolute atomic E-state index is 12.2. The van der Waals surface area contributed by atoms with Crippen molar-refractivity contribution in [2.45, 2.75) is 25.0 Å². The van der Waals surface area contributed by atoms with Crippen molar-refractivity contribution in [2.24, 2.45) is 0 Å². The average Bonchev–Trinajstić information content (AvgIpc) is 3.05. The molecule has 0 fully saturated rings. The highest BCUT2D eigenvalue weighted by atomic mass is 32.2. The van der Waals surface area contributed by atoms with Crippen LogP contribution in [-0.4, -0.2) is 28.7 Å². The molecule has 140 valence electrons. The lowest BCUT2D eigenvalue weighted by Gasteiger charge is -2.09. The summed E-state index contributed by atoms with van der Waals surface area (Å²) < 4.78 is 5.30. The second-order valence-corrected chi connectivity index (χ2v) is 7.12. The number of ether oxygens (including phenoxy) is 1. The number of methoxy groups -OCH3 is 1. The third-order valence-corrected chi connectivity index (χ3v) is 5.06. The zero-order valence-corrected chi connectivity index (χ0v) is 16.3. The first-order chi connectivity index (χ1) is 13.2. The van der Waals surface area contributed by atoms with Gasteiger partial charge in [-0.3, -0.25) is 4.79 Å². The van der Waals surface area contributed by atoms with Gasteiger partial charge in [0.2, 0.25) is 5.91 Å². The third kappa shape index (κ3) is 5.37. The molecule has 0 saturated heterocycles. The number of carbonyl (C=O) groups is 1. The van der Waals surface area contributed by atoms with Crippen LogP contribution in [0.15, 0.2) is 59.8 Å². The van der Waals surface area contributed by atoms with Crippen LogP contribution in [0.1, 0.15) is 22.5 Å². The molecule has 1 heterocycles. The minimum atomic E-state index is -0.0374. The van der Waals surface area contributed by atoms with Crippen molar-refractivity contribution in [3.63, 3.8) is 0 Å². The summed E-state index contributed by atoms with van der Waals surface area (Å²) in [7, 11) is 1.63. The topological polar surface area (TPSA) is 67.0 Å². The van der Waals surface area contributed by atoms with Gasteiger partial charge in [0.25, 0.3) is 0 Å². The van der Waals surface area contributed by atoms with Gasteiger partial charge in [-0.1, -0.05) is 60.3 Å². The predicted octanol–water partition coefficient (Wildman–Crippen LogP) is 3.73. The van der Waals surface area contributed by atoms with Crippen molar-refractivity contribution in [3.05, 3.63) is 77.1 Å². The molecule has 2 aromatic carbocycles. The molecule has 5 nitrogen and oxygen atoms in total. The van der Waals surface area contributed by atoms with Crippen LogP contribution in [0.3, 0.4) is 0 Å². The van der Waals surface area contributed by atoms with Crippen LogP contribution in [0.2, 0.25) is 0 Å². The molecule has 27 heavy (non-hydrogen) atoms. The number of hydrogen-bond acceptors (Lipinski definition) is 4. The molecule has 0 aliphatic heterocycles. The van der Waals surface area contributed by atoms with E-state index in [1.165, 1.54) is 17.3 Å². The number of aryl methyl sites for hydroxylation is 1. The molecule has 3 rings (SSSR count). The number of H-pyrrole nitrogens is 1. The number of imidazole rings is 1. The van der Waals surface area contributed by atoms with Crippen molar-refractivity contribution in [1.82, 2.24) is 15.3 Å². The Labute approximate surface area is 163 Å². The van der Waals surface area contributed by atoms with Gasteiger partial charge in [0.1, 0.15) is 5.75 Å². The van der Waals surface area contributed by atoms with Gasteiger partial charge in [-0.2, -0.15) is 0 Å². The second-order valence-electron chi connectivity index (χ2n) is 6.15. The molecule has 0 aliphatic rings. The largest absolute Gasteiger partial charge is 0.496 e. The van der Waals surface area contributed by atoms with Gasteiger partial charge >= 0.3 is 0 Å². The normalized spacial score (nSPS) is 10.6. The van der Waals surface area contributed by atoms with Gasteiger partial charge < -0.3 is 15.0 Å². The van der Waals surface area contributed by atoms with E-state index in [9.17, 15) is 4.79 Å². The van der Waals surface area contributed by atoms with Gasteiger partial charge in [-0.05, 0) is 18.6 Å². The molecule has 6 heteroatoms. The van der Waals surface area contributed by atoms with Gasteiger partial charge in [0.15, 0.2) is 5.16 Å². The monoisotopic (exact) mass is 381 g/mol. The zero-order valence-electron chi connectivity index (χ0n) is 15.5. The molecule has 1 aromatic heterocycles. The molecule has 0 bridgehead atoms. The number of nitrogens with zero attached hydrogens (tertiary/aromatic N) is 1. The number of para-hydroxylation sites is 1. The number of amides is 1. The van der Waals surface area contributed by atoms with E-state index >= 15 is 0 Å². The maximum atomic E-state index is 12.2. The molecule has 0 unspecified atom stereocenters. The molecule has 0 atom stereocenters. The summed E-state index contributed by atoms with van der Waals surface area (Å²) in [4.78, 5) is 20.1. The van der Waals surface area contributed by atoms with Crippen molar-refractivity contribution >= 4 is 17.7 Å². The molecule has 3 aromatic rings. The van der Waals surface area contributed by atoms with Gasteiger partial charge in [0, 0.05) is 24.2 Å². The Hall–Kier alpha value is -2.73. The zero-order chi connectivity index (χ0) is 19.1. The van der Waals surface area contributed by atoms with Crippen molar-refractivity contribution in [3.8, 4) is 5.75 Å². The number of thioether (sulfide) groups is 1. The van der Waals surface area contributed by atoms with Crippen molar-refractivity contribution < 1.29 is 9.53 Å². The summed E-state index contributed by atoms with van der Waals surface area (Å²) in [6, 6.07) is 17.9. The van der Waals surface area contributed by atoms with Crippen LogP contribution in [-0.2, 0) is 17.8 Å². The summed E-state index contributed by atoms with van der Waals surface area (Å²) in [6.45, 7) is 2.46.